The molecule has 0 aromatic carbocycles. The van der Waals surface area contributed by atoms with E-state index in [9.17, 15) is 90.7 Å². The highest BCUT2D eigenvalue weighted by Gasteiger charge is 2.58. The second kappa shape index (κ2) is 15.2. The van der Waals surface area contributed by atoms with Crippen molar-refractivity contribution in [2.75, 3.05) is 0 Å². The summed E-state index contributed by atoms with van der Waals surface area (Å²) in [4.78, 5) is 47.1. The van der Waals surface area contributed by atoms with Crippen LogP contribution in [0.5, 0.6) is 0 Å². The molecule has 4 fully saturated rings. The predicted octanol–water partition coefficient (Wildman–Crippen LogP) is -9.38. The SMILES string of the molecule is O=C(O)[C@H]1O[C@@H](O[C@H]2[C@H](O)[C@H](O)[C@@H](O[C@H]3[C@H](O)[C@H](O)[C@H](O[C@H]4[C@H](O)[C@H](O)[C@@H](O)O[C@@H]4C(=O)O)O[C@H]3C(=O)O)O[C@@H]2C(=O)O)[C@@H](O)[C@@H](O)[C@@H]1O. The van der Waals surface area contributed by atoms with E-state index in [1.165, 1.54) is 0 Å². The van der Waals surface area contributed by atoms with Gasteiger partial charge in [-0.25, -0.2) is 19.2 Å². The first kappa shape index (κ1) is 39.0. The van der Waals surface area contributed by atoms with Crippen LogP contribution in [0.15, 0.2) is 0 Å². The monoisotopic (exact) mass is 722 g/mol. The first-order valence-electron chi connectivity index (χ1n) is 14.1. The topological polar surface area (TPSA) is 416 Å². The zero-order valence-corrected chi connectivity index (χ0v) is 24.3. The average Bonchev–Trinajstić information content (AvgIpc) is 3.03. The summed E-state index contributed by atoms with van der Waals surface area (Å²) in [6, 6.07) is 0. The van der Waals surface area contributed by atoms with Crippen molar-refractivity contribution in [2.24, 2.45) is 0 Å². The molecule has 0 unspecified atom stereocenters. The molecule has 0 spiro atoms. The molecule has 280 valence electrons. The summed E-state index contributed by atoms with van der Waals surface area (Å²) < 4.78 is 35.3. The maximum absolute atomic E-state index is 12.1. The molecule has 4 aliphatic rings. The fraction of sp³-hybridized carbons (Fsp3) is 0.833. The minimum Gasteiger partial charge on any atom is -0.479 e. The van der Waals surface area contributed by atoms with Crippen molar-refractivity contribution in [3.63, 3.8) is 0 Å². The van der Waals surface area contributed by atoms with Crippen molar-refractivity contribution in [1.82, 2.24) is 0 Å². The summed E-state index contributed by atoms with van der Waals surface area (Å²) in [6.07, 6.45) is -45.8. The predicted molar refractivity (Wildman–Crippen MR) is 136 cm³/mol. The molecule has 4 aliphatic heterocycles. The van der Waals surface area contributed by atoms with E-state index in [1.807, 2.05) is 0 Å². The number of hydrogen-bond acceptors (Lipinski definition) is 21. The molecule has 4 heterocycles. The minimum absolute atomic E-state index is 1.84. The van der Waals surface area contributed by atoms with Gasteiger partial charge in [-0.05, 0) is 0 Å². The molecule has 0 bridgehead atoms. The van der Waals surface area contributed by atoms with Gasteiger partial charge in [-0.1, -0.05) is 0 Å². The summed E-state index contributed by atoms with van der Waals surface area (Å²) in [5.41, 5.74) is 0. The lowest BCUT2D eigenvalue weighted by Crippen LogP contribution is -2.68. The Bertz CT molecular complexity index is 1220. The van der Waals surface area contributed by atoms with Crippen molar-refractivity contribution in [3.05, 3.63) is 0 Å². The first-order chi connectivity index (χ1) is 22.8. The lowest BCUT2D eigenvalue weighted by molar-refractivity contribution is -0.378. The summed E-state index contributed by atoms with van der Waals surface area (Å²) in [7, 11) is 0. The molecule has 0 aromatic heterocycles. The van der Waals surface area contributed by atoms with Gasteiger partial charge >= 0.3 is 23.9 Å². The highest BCUT2D eigenvalue weighted by Crippen LogP contribution is 2.34. The van der Waals surface area contributed by atoms with Gasteiger partial charge in [0.05, 0.1) is 0 Å². The largest absolute Gasteiger partial charge is 0.479 e. The highest BCUT2D eigenvalue weighted by atomic mass is 16.8. The number of ether oxygens (including phenoxy) is 7. The van der Waals surface area contributed by atoms with Crippen LogP contribution in [0.1, 0.15) is 0 Å². The van der Waals surface area contributed by atoms with Crippen LogP contribution in [0.25, 0.3) is 0 Å². The number of carbonyl (C=O) groups is 4. The fourth-order valence-corrected chi connectivity index (χ4v) is 5.43. The molecule has 4 rings (SSSR count). The van der Waals surface area contributed by atoms with Crippen molar-refractivity contribution < 1.29 is 124 Å². The Kier molecular flexibility index (Phi) is 12.1. The average molecular weight is 723 g/mol. The minimum atomic E-state index is -2.43. The van der Waals surface area contributed by atoms with E-state index in [0.29, 0.717) is 0 Å². The van der Waals surface area contributed by atoms with Gasteiger partial charge in [0.25, 0.3) is 0 Å². The molecular formula is C24H34O25. The van der Waals surface area contributed by atoms with E-state index in [0.717, 1.165) is 0 Å². The Balaban J connectivity index is 1.51. The smallest absolute Gasteiger partial charge is 0.335 e. The van der Waals surface area contributed by atoms with Crippen LogP contribution in [0.4, 0.5) is 0 Å². The number of aliphatic hydroxyl groups is 10. The Morgan fingerprint density at radius 2 is 0.633 bits per heavy atom. The third-order valence-corrected chi connectivity index (χ3v) is 8.07. The van der Waals surface area contributed by atoms with Gasteiger partial charge in [-0.15, -0.1) is 0 Å². The third kappa shape index (κ3) is 7.62. The van der Waals surface area contributed by atoms with Crippen molar-refractivity contribution in [2.45, 2.75) is 123 Å². The zero-order chi connectivity index (χ0) is 36.8. The summed E-state index contributed by atoms with van der Waals surface area (Å²) in [5, 5.41) is 141. The molecule has 20 atom stereocenters. The molecule has 0 aliphatic carbocycles. The lowest BCUT2D eigenvalue weighted by atomic mass is 9.95. The van der Waals surface area contributed by atoms with Crippen LogP contribution >= 0.6 is 0 Å². The van der Waals surface area contributed by atoms with Crippen LogP contribution in [0.2, 0.25) is 0 Å². The van der Waals surface area contributed by atoms with Crippen LogP contribution in [-0.2, 0) is 52.3 Å². The maximum Gasteiger partial charge on any atom is 0.335 e. The number of aliphatic hydroxyl groups excluding tert-OH is 10. The normalized spacial score (nSPS) is 49.2. The van der Waals surface area contributed by atoms with Gasteiger partial charge in [0.2, 0.25) is 0 Å². The second-order valence-electron chi connectivity index (χ2n) is 11.3. The molecule has 0 saturated carbocycles. The summed E-state index contributed by atoms with van der Waals surface area (Å²) >= 11 is 0. The molecule has 0 amide bonds. The molecule has 25 nitrogen and oxygen atoms in total. The Morgan fingerprint density at radius 3 is 0.980 bits per heavy atom. The molecule has 0 aromatic rings. The van der Waals surface area contributed by atoms with E-state index in [-0.39, 0.29) is 0 Å². The van der Waals surface area contributed by atoms with E-state index < -0.39 is 147 Å². The van der Waals surface area contributed by atoms with Crippen LogP contribution in [-0.4, -0.2) is 218 Å². The van der Waals surface area contributed by atoms with E-state index >= 15 is 0 Å². The van der Waals surface area contributed by atoms with Crippen LogP contribution < -0.4 is 0 Å². The van der Waals surface area contributed by atoms with Gasteiger partial charge in [0.15, 0.2) is 49.6 Å². The molecular weight excluding hydrogens is 688 g/mol. The maximum atomic E-state index is 12.1. The van der Waals surface area contributed by atoms with Crippen LogP contribution in [0.3, 0.4) is 0 Å². The van der Waals surface area contributed by atoms with Crippen molar-refractivity contribution in [1.29, 1.82) is 0 Å². The Hall–Kier alpha value is -2.80. The standard InChI is InChI=1S/C24H34O25/c25-1-2(26)13(17(34)35)47-22(7(1)31)45-11-4(28)9(33)24(49-15(11)19(38)39)46-12-5(29)8(32)23(48-16(12)20(40)41)44-10-3(27)6(30)21(42)43-14(10)18(36)37/h1-16,21-33,42H,(H,34,35)(H,36,37)(H,38,39)(H,40,41)/t1-,2-,3+,4+,5+,6-,7-,8-,9-,10-,11-,12-,13-,14-,15-,16+,21-,22+,23+,24-/m0/s1. The van der Waals surface area contributed by atoms with Gasteiger partial charge in [-0.2, -0.15) is 0 Å². The molecule has 0 radical (unpaired) electrons. The van der Waals surface area contributed by atoms with Gasteiger partial charge in [0, 0.05) is 0 Å². The number of carboxylic acid groups (broad SMARTS) is 4. The third-order valence-electron chi connectivity index (χ3n) is 8.07. The van der Waals surface area contributed by atoms with E-state index in [4.69, 9.17) is 28.4 Å². The van der Waals surface area contributed by atoms with Crippen LogP contribution in [0, 0.1) is 0 Å². The van der Waals surface area contributed by atoms with Crippen molar-refractivity contribution in [3.8, 4) is 0 Å². The van der Waals surface area contributed by atoms with Gasteiger partial charge in [-0.3, -0.25) is 0 Å². The molecule has 25 heteroatoms. The fourth-order valence-electron chi connectivity index (χ4n) is 5.43. The van der Waals surface area contributed by atoms with Gasteiger partial charge < -0.3 is 105 Å². The second-order valence-corrected chi connectivity index (χ2v) is 11.3. The zero-order valence-electron chi connectivity index (χ0n) is 24.3. The van der Waals surface area contributed by atoms with E-state index in [1.54, 1.807) is 0 Å². The Labute approximate surface area is 271 Å². The summed E-state index contributed by atoms with van der Waals surface area (Å²) in [6.45, 7) is 0. The first-order valence-corrected chi connectivity index (χ1v) is 14.1. The molecule has 49 heavy (non-hydrogen) atoms. The highest BCUT2D eigenvalue weighted by molar-refractivity contribution is 5.75. The quantitative estimate of drug-likeness (QED) is 0.0995. The van der Waals surface area contributed by atoms with E-state index in [2.05, 4.69) is 4.74 Å². The lowest BCUT2D eigenvalue weighted by Gasteiger charge is -2.47. The molecule has 4 saturated heterocycles. The number of aliphatic carboxylic acids is 4. The number of rotatable bonds is 10. The summed E-state index contributed by atoms with van der Waals surface area (Å²) in [5.74, 6) is -7.64. The number of hydrogen-bond donors (Lipinski definition) is 14. The number of carboxylic acids is 4. The van der Waals surface area contributed by atoms with Gasteiger partial charge in [0.1, 0.15) is 73.2 Å². The Morgan fingerprint density at radius 1 is 0.347 bits per heavy atom. The van der Waals surface area contributed by atoms with Crippen molar-refractivity contribution >= 4 is 23.9 Å². The molecule has 14 N–H and O–H groups in total.